The number of rotatable bonds is 3. The molecule has 168 valence electrons. The van der Waals surface area contributed by atoms with Crippen molar-refractivity contribution in [2.45, 2.75) is 13.0 Å². The molecular weight excluding hydrogens is 494 g/mol. The van der Waals surface area contributed by atoms with Crippen LogP contribution in [0.15, 0.2) is 82.3 Å². The second-order valence-electron chi connectivity index (χ2n) is 8.14. The number of fused-ring (bicyclic) bond motifs is 4. The van der Waals surface area contributed by atoms with Crippen LogP contribution in [0.5, 0.6) is 5.75 Å². The Kier molecular flexibility index (Phi) is 4.77. The summed E-state index contributed by atoms with van der Waals surface area (Å²) in [6.07, 6.45) is 0. The van der Waals surface area contributed by atoms with Gasteiger partial charge in [0.15, 0.2) is 5.82 Å². The second kappa shape index (κ2) is 7.85. The van der Waals surface area contributed by atoms with Gasteiger partial charge in [0.2, 0.25) is 5.84 Å². The maximum Gasteiger partial charge on any atom is 0.291 e. The molecule has 0 fully saturated rings. The van der Waals surface area contributed by atoms with Gasteiger partial charge in [-0.05, 0) is 49.4 Å². The maximum absolute atomic E-state index is 13.3. The Morgan fingerprint density at radius 1 is 1.03 bits per heavy atom. The summed E-state index contributed by atoms with van der Waals surface area (Å²) >= 11 is 3.62. The Morgan fingerprint density at radius 3 is 2.59 bits per heavy atom. The molecule has 1 amide bonds. The van der Waals surface area contributed by atoms with Gasteiger partial charge >= 0.3 is 0 Å². The van der Waals surface area contributed by atoms with Crippen LogP contribution in [0.1, 0.15) is 22.9 Å². The van der Waals surface area contributed by atoms with E-state index in [1.54, 1.807) is 11.8 Å². The lowest BCUT2D eigenvalue weighted by molar-refractivity contribution is -0.110. The number of aryl methyl sites for hydroxylation is 1. The van der Waals surface area contributed by atoms with Crippen molar-refractivity contribution < 1.29 is 9.53 Å². The molecule has 0 saturated carbocycles. The van der Waals surface area contributed by atoms with E-state index in [9.17, 15) is 4.79 Å². The van der Waals surface area contributed by atoms with Crippen molar-refractivity contribution in [3.05, 3.63) is 94.1 Å². The van der Waals surface area contributed by atoms with Crippen molar-refractivity contribution in [2.75, 3.05) is 17.3 Å². The predicted molar refractivity (Wildman–Crippen MR) is 135 cm³/mol. The Bertz CT molecular complexity index is 1480. The number of nitrogens with one attached hydrogen (secondary N) is 1. The number of anilines is 2. The molecule has 1 N–H and O–H groups in total. The summed E-state index contributed by atoms with van der Waals surface area (Å²) in [7, 11) is 1.66. The summed E-state index contributed by atoms with van der Waals surface area (Å²) in [5, 5.41) is 7.84. The fourth-order valence-corrected chi connectivity index (χ4v) is 5.08. The Hall–Kier alpha value is -3.91. The number of ether oxygens (including phenoxy) is 1. The smallest absolute Gasteiger partial charge is 0.291 e. The summed E-state index contributed by atoms with van der Waals surface area (Å²) in [5.74, 6) is 1.41. The maximum atomic E-state index is 13.3. The Labute approximate surface area is 204 Å². The summed E-state index contributed by atoms with van der Waals surface area (Å²) in [6, 6.07) is 23.1. The summed E-state index contributed by atoms with van der Waals surface area (Å²) < 4.78 is 8.50. The van der Waals surface area contributed by atoms with Crippen LogP contribution in [0.25, 0.3) is 5.69 Å². The van der Waals surface area contributed by atoms with Gasteiger partial charge < -0.3 is 15.0 Å². The van der Waals surface area contributed by atoms with Crippen molar-refractivity contribution in [3.8, 4) is 11.4 Å². The van der Waals surface area contributed by atoms with Gasteiger partial charge in [-0.1, -0.05) is 46.3 Å². The Morgan fingerprint density at radius 2 is 1.79 bits per heavy atom. The van der Waals surface area contributed by atoms with Crippen LogP contribution in [-0.2, 0) is 4.79 Å². The highest BCUT2D eigenvalue weighted by molar-refractivity contribution is 9.10. The third-order valence-corrected chi connectivity index (χ3v) is 6.65. The number of halogens is 1. The summed E-state index contributed by atoms with van der Waals surface area (Å²) in [6.45, 7) is 1.98. The van der Waals surface area contributed by atoms with Gasteiger partial charge in [0, 0.05) is 15.6 Å². The van der Waals surface area contributed by atoms with Gasteiger partial charge in [-0.2, -0.15) is 5.10 Å². The first-order chi connectivity index (χ1) is 16.6. The van der Waals surface area contributed by atoms with Crippen LogP contribution in [-0.4, -0.2) is 28.6 Å². The Balaban J connectivity index is 1.69. The summed E-state index contributed by atoms with van der Waals surface area (Å²) in [5.41, 5.74) is 5.14. The largest absolute Gasteiger partial charge is 0.496 e. The predicted octanol–water partition coefficient (Wildman–Crippen LogP) is 5.54. The lowest BCUT2D eigenvalue weighted by atomic mass is 9.92. The van der Waals surface area contributed by atoms with E-state index in [0.29, 0.717) is 11.7 Å². The van der Waals surface area contributed by atoms with Crippen LogP contribution in [0.2, 0.25) is 0 Å². The molecule has 1 atom stereocenters. The number of nitrogens with zero attached hydrogens (tertiary/aromatic N) is 4. The highest BCUT2D eigenvalue weighted by Gasteiger charge is 2.43. The minimum Gasteiger partial charge on any atom is -0.496 e. The number of aromatic nitrogens is 2. The number of para-hydroxylation sites is 3. The molecule has 3 aromatic carbocycles. The van der Waals surface area contributed by atoms with E-state index in [2.05, 4.69) is 21.2 Å². The van der Waals surface area contributed by atoms with Crippen molar-refractivity contribution in [1.29, 1.82) is 0 Å². The van der Waals surface area contributed by atoms with E-state index in [1.165, 1.54) is 0 Å². The molecule has 2 aliphatic rings. The average molecular weight is 514 g/mol. The molecule has 0 spiro atoms. The van der Waals surface area contributed by atoms with Gasteiger partial charge in [-0.15, -0.1) is 0 Å². The molecule has 34 heavy (non-hydrogen) atoms. The van der Waals surface area contributed by atoms with Crippen molar-refractivity contribution in [1.82, 2.24) is 9.78 Å². The van der Waals surface area contributed by atoms with Gasteiger partial charge in [-0.3, -0.25) is 4.79 Å². The molecule has 6 rings (SSSR count). The highest BCUT2D eigenvalue weighted by Crippen LogP contribution is 2.49. The number of amides is 1. The van der Waals surface area contributed by atoms with Crippen LogP contribution in [0.3, 0.4) is 0 Å². The van der Waals surface area contributed by atoms with E-state index in [1.807, 2.05) is 84.6 Å². The molecule has 0 saturated heterocycles. The summed E-state index contributed by atoms with van der Waals surface area (Å²) in [4.78, 5) is 20.2. The SMILES string of the molecule is COc1ccc(Br)cc1[C@H]1c2c(C)nn(-c3ccccc3)c2N=C2C(=O)Nc3ccccc3N21. The fourth-order valence-electron chi connectivity index (χ4n) is 4.70. The second-order valence-corrected chi connectivity index (χ2v) is 9.05. The zero-order chi connectivity index (χ0) is 23.4. The topological polar surface area (TPSA) is 71.7 Å². The number of benzene rings is 3. The standard InChI is InChI=1S/C26H20BrN5O2/c1-15-22-23(18-14-16(27)12-13-21(18)34-2)31-20-11-7-6-10-19(20)28-26(33)25(31)29-24(22)32(30-15)17-8-4-3-5-9-17/h3-14,23H,1-2H3,(H,28,33)/t23-/m0/s1. The number of carbonyl (C=O) groups is 1. The molecule has 0 aliphatic carbocycles. The third-order valence-electron chi connectivity index (χ3n) is 6.15. The molecule has 0 radical (unpaired) electrons. The average Bonchev–Trinajstić information content (AvgIpc) is 3.19. The first-order valence-corrected chi connectivity index (χ1v) is 11.6. The fraction of sp³-hybridized carbons (Fsp3) is 0.115. The van der Waals surface area contributed by atoms with E-state index in [0.717, 1.165) is 44.1 Å². The monoisotopic (exact) mass is 513 g/mol. The number of hydrogen-bond acceptors (Lipinski definition) is 5. The molecule has 4 aromatic rings. The molecule has 3 heterocycles. The number of aliphatic imine (C=N–C) groups is 1. The van der Waals surface area contributed by atoms with Gasteiger partial charge in [0.1, 0.15) is 5.75 Å². The quantitative estimate of drug-likeness (QED) is 0.390. The molecule has 8 heteroatoms. The van der Waals surface area contributed by atoms with Crippen LogP contribution in [0, 0.1) is 6.92 Å². The first-order valence-electron chi connectivity index (χ1n) is 10.8. The van der Waals surface area contributed by atoms with Crippen LogP contribution >= 0.6 is 15.9 Å². The third kappa shape index (κ3) is 3.06. The van der Waals surface area contributed by atoms with E-state index in [-0.39, 0.29) is 11.9 Å². The first kappa shape index (κ1) is 20.7. The van der Waals surface area contributed by atoms with Crippen molar-refractivity contribution in [2.24, 2.45) is 4.99 Å². The molecular formula is C26H20BrN5O2. The molecule has 2 aliphatic heterocycles. The van der Waals surface area contributed by atoms with Crippen molar-refractivity contribution >= 4 is 44.9 Å². The molecule has 7 nitrogen and oxygen atoms in total. The van der Waals surface area contributed by atoms with E-state index in [4.69, 9.17) is 14.8 Å². The lowest BCUT2D eigenvalue weighted by Crippen LogP contribution is -2.48. The minimum atomic E-state index is -0.375. The van der Waals surface area contributed by atoms with Gasteiger partial charge in [0.05, 0.1) is 35.9 Å². The minimum absolute atomic E-state index is 0.262. The zero-order valence-electron chi connectivity index (χ0n) is 18.5. The zero-order valence-corrected chi connectivity index (χ0v) is 20.1. The molecule has 1 aromatic heterocycles. The number of hydrogen-bond donors (Lipinski definition) is 1. The molecule has 0 bridgehead atoms. The van der Waals surface area contributed by atoms with E-state index < -0.39 is 0 Å². The van der Waals surface area contributed by atoms with Crippen LogP contribution < -0.4 is 15.0 Å². The normalized spacial score (nSPS) is 16.2. The highest BCUT2D eigenvalue weighted by atomic mass is 79.9. The van der Waals surface area contributed by atoms with Gasteiger partial charge in [0.25, 0.3) is 5.91 Å². The number of carbonyl (C=O) groups excluding carboxylic acids is 1. The van der Waals surface area contributed by atoms with Gasteiger partial charge in [-0.25, -0.2) is 9.67 Å². The number of amidine groups is 1. The lowest BCUT2D eigenvalue weighted by Gasteiger charge is -2.40. The number of methoxy groups -OCH3 is 1. The van der Waals surface area contributed by atoms with Crippen molar-refractivity contribution in [3.63, 3.8) is 0 Å². The van der Waals surface area contributed by atoms with Crippen LogP contribution in [0.4, 0.5) is 17.2 Å². The van der Waals surface area contributed by atoms with E-state index >= 15 is 0 Å². The molecule has 0 unspecified atom stereocenters.